The summed E-state index contributed by atoms with van der Waals surface area (Å²) in [6.07, 6.45) is 0.901. The fourth-order valence-electron chi connectivity index (χ4n) is 1.80. The fourth-order valence-corrected chi connectivity index (χ4v) is 1.99. The summed E-state index contributed by atoms with van der Waals surface area (Å²) in [5.41, 5.74) is 0.628. The second-order valence-electron chi connectivity index (χ2n) is 4.61. The Morgan fingerprint density at radius 2 is 1.73 bits per heavy atom. The zero-order chi connectivity index (χ0) is 15.8. The fraction of sp³-hybridized carbons (Fsp3) is 0.235. The van der Waals surface area contributed by atoms with Crippen LogP contribution in [0.2, 0.25) is 5.02 Å². The van der Waals surface area contributed by atoms with Crippen molar-refractivity contribution < 1.29 is 14.3 Å². The third kappa shape index (κ3) is 4.67. The van der Waals surface area contributed by atoms with Crippen molar-refractivity contribution in [2.24, 2.45) is 0 Å². The van der Waals surface area contributed by atoms with E-state index in [1.807, 2.05) is 25.1 Å². The van der Waals surface area contributed by atoms with Gasteiger partial charge in [-0.3, -0.25) is 4.79 Å². The van der Waals surface area contributed by atoms with E-state index in [4.69, 9.17) is 21.1 Å². The number of carbonyl (C=O) groups is 1. The lowest BCUT2D eigenvalue weighted by atomic mass is 10.3. The highest BCUT2D eigenvalue weighted by Crippen LogP contribution is 2.25. The first-order valence-corrected chi connectivity index (χ1v) is 7.47. The molecule has 0 aliphatic heterocycles. The van der Waals surface area contributed by atoms with E-state index in [0.717, 1.165) is 6.42 Å². The zero-order valence-corrected chi connectivity index (χ0v) is 13.1. The molecule has 0 saturated carbocycles. The van der Waals surface area contributed by atoms with Crippen molar-refractivity contribution in [2.75, 3.05) is 18.5 Å². The van der Waals surface area contributed by atoms with Gasteiger partial charge in [0.15, 0.2) is 6.61 Å². The SMILES string of the molecule is CCCOc1ccccc1NC(=O)COc1ccccc1Cl. The summed E-state index contributed by atoms with van der Waals surface area (Å²) in [4.78, 5) is 12.0. The third-order valence-corrected chi connectivity index (χ3v) is 3.13. The van der Waals surface area contributed by atoms with Crippen molar-refractivity contribution in [1.29, 1.82) is 0 Å². The molecule has 4 nitrogen and oxygen atoms in total. The van der Waals surface area contributed by atoms with Gasteiger partial charge in [0.2, 0.25) is 0 Å². The van der Waals surface area contributed by atoms with Crippen LogP contribution in [-0.4, -0.2) is 19.1 Å². The number of carbonyl (C=O) groups excluding carboxylic acids is 1. The second kappa shape index (κ2) is 8.29. The molecule has 0 heterocycles. The molecule has 2 rings (SSSR count). The van der Waals surface area contributed by atoms with Crippen molar-refractivity contribution in [3.8, 4) is 11.5 Å². The Morgan fingerprint density at radius 1 is 1.05 bits per heavy atom. The molecule has 0 aliphatic carbocycles. The molecule has 0 bridgehead atoms. The Bertz CT molecular complexity index is 631. The van der Waals surface area contributed by atoms with Crippen LogP contribution < -0.4 is 14.8 Å². The van der Waals surface area contributed by atoms with Crippen LogP contribution in [0.4, 0.5) is 5.69 Å². The van der Waals surface area contributed by atoms with Crippen molar-refractivity contribution in [2.45, 2.75) is 13.3 Å². The highest BCUT2D eigenvalue weighted by Gasteiger charge is 2.09. The number of anilines is 1. The highest BCUT2D eigenvalue weighted by molar-refractivity contribution is 6.32. The quantitative estimate of drug-likeness (QED) is 0.834. The molecule has 0 saturated heterocycles. The summed E-state index contributed by atoms with van der Waals surface area (Å²) in [5.74, 6) is 0.859. The Labute approximate surface area is 135 Å². The van der Waals surface area contributed by atoms with Gasteiger partial charge in [-0.05, 0) is 30.7 Å². The molecule has 5 heteroatoms. The molecule has 0 aromatic heterocycles. The zero-order valence-electron chi connectivity index (χ0n) is 12.3. The Hall–Kier alpha value is -2.20. The van der Waals surface area contributed by atoms with E-state index in [9.17, 15) is 4.79 Å². The molecule has 22 heavy (non-hydrogen) atoms. The third-order valence-electron chi connectivity index (χ3n) is 2.82. The highest BCUT2D eigenvalue weighted by atomic mass is 35.5. The van der Waals surface area contributed by atoms with Gasteiger partial charge >= 0.3 is 0 Å². The van der Waals surface area contributed by atoms with Crippen LogP contribution in [-0.2, 0) is 4.79 Å². The molecule has 1 amide bonds. The molecule has 116 valence electrons. The molecule has 0 unspecified atom stereocenters. The average molecular weight is 320 g/mol. The number of ether oxygens (including phenoxy) is 2. The topological polar surface area (TPSA) is 47.6 Å². The van der Waals surface area contributed by atoms with Crippen LogP contribution in [0.15, 0.2) is 48.5 Å². The Balaban J connectivity index is 1.93. The molecule has 2 aromatic carbocycles. The number of nitrogens with one attached hydrogen (secondary N) is 1. The second-order valence-corrected chi connectivity index (χ2v) is 5.02. The number of rotatable bonds is 7. The van der Waals surface area contributed by atoms with Gasteiger partial charge < -0.3 is 14.8 Å². The predicted molar refractivity (Wildman–Crippen MR) is 87.8 cm³/mol. The van der Waals surface area contributed by atoms with Crippen molar-refractivity contribution in [3.63, 3.8) is 0 Å². The molecular formula is C17H18ClNO3. The van der Waals surface area contributed by atoms with Crippen molar-refractivity contribution >= 4 is 23.2 Å². The minimum atomic E-state index is -0.271. The maximum absolute atomic E-state index is 12.0. The monoisotopic (exact) mass is 319 g/mol. The van der Waals surface area contributed by atoms with Crippen molar-refractivity contribution in [1.82, 2.24) is 0 Å². The van der Waals surface area contributed by atoms with Crippen LogP contribution >= 0.6 is 11.6 Å². The van der Waals surface area contributed by atoms with Gasteiger partial charge in [-0.1, -0.05) is 42.8 Å². The van der Waals surface area contributed by atoms with Gasteiger partial charge in [0.25, 0.3) is 5.91 Å². The van der Waals surface area contributed by atoms with Gasteiger partial charge in [0.1, 0.15) is 11.5 Å². The van der Waals surface area contributed by atoms with Crippen LogP contribution in [0, 0.1) is 0 Å². The number of hydrogen-bond donors (Lipinski definition) is 1. The summed E-state index contributed by atoms with van der Waals surface area (Å²) in [5, 5.41) is 3.25. The lowest BCUT2D eigenvalue weighted by Gasteiger charge is -2.12. The number of halogens is 1. The maximum atomic E-state index is 12.0. The van der Waals surface area contributed by atoms with Crippen LogP contribution in [0.5, 0.6) is 11.5 Å². The molecule has 0 radical (unpaired) electrons. The molecule has 1 N–H and O–H groups in total. The van der Waals surface area contributed by atoms with Gasteiger partial charge in [-0.15, -0.1) is 0 Å². The minimum absolute atomic E-state index is 0.119. The summed E-state index contributed by atoms with van der Waals surface area (Å²) >= 11 is 5.97. The van der Waals surface area contributed by atoms with Gasteiger partial charge in [0.05, 0.1) is 17.3 Å². The number of para-hydroxylation sites is 3. The summed E-state index contributed by atoms with van der Waals surface area (Å²) < 4.78 is 11.0. The predicted octanol–water partition coefficient (Wildman–Crippen LogP) is 4.15. The molecule has 2 aromatic rings. The molecule has 0 aliphatic rings. The van der Waals surface area contributed by atoms with E-state index in [0.29, 0.717) is 28.8 Å². The Kier molecular flexibility index (Phi) is 6.10. The molecule has 0 atom stereocenters. The first-order valence-electron chi connectivity index (χ1n) is 7.09. The smallest absolute Gasteiger partial charge is 0.262 e. The van der Waals surface area contributed by atoms with Crippen LogP contribution in [0.25, 0.3) is 0 Å². The summed E-state index contributed by atoms with van der Waals surface area (Å²) in [6, 6.07) is 14.3. The van der Waals surface area contributed by atoms with E-state index in [-0.39, 0.29) is 12.5 Å². The largest absolute Gasteiger partial charge is 0.491 e. The first kappa shape index (κ1) is 16.2. The standard InChI is InChI=1S/C17H18ClNO3/c1-2-11-21-16-10-6-4-8-14(16)19-17(20)12-22-15-9-5-3-7-13(15)18/h3-10H,2,11-12H2,1H3,(H,19,20). The van der Waals surface area contributed by atoms with E-state index in [2.05, 4.69) is 5.32 Å². The van der Waals surface area contributed by atoms with Gasteiger partial charge in [-0.2, -0.15) is 0 Å². The number of benzene rings is 2. The van der Waals surface area contributed by atoms with Crippen molar-refractivity contribution in [3.05, 3.63) is 53.6 Å². The minimum Gasteiger partial charge on any atom is -0.491 e. The molecule has 0 fully saturated rings. The van der Waals surface area contributed by atoms with Gasteiger partial charge in [0, 0.05) is 0 Å². The Morgan fingerprint density at radius 3 is 2.45 bits per heavy atom. The van der Waals surface area contributed by atoms with E-state index in [1.165, 1.54) is 0 Å². The lowest BCUT2D eigenvalue weighted by Crippen LogP contribution is -2.20. The average Bonchev–Trinajstić information content (AvgIpc) is 2.53. The summed E-state index contributed by atoms with van der Waals surface area (Å²) in [6.45, 7) is 2.51. The van der Waals surface area contributed by atoms with E-state index in [1.54, 1.807) is 30.3 Å². The summed E-state index contributed by atoms with van der Waals surface area (Å²) in [7, 11) is 0. The van der Waals surface area contributed by atoms with Crippen LogP contribution in [0.3, 0.4) is 0 Å². The van der Waals surface area contributed by atoms with E-state index >= 15 is 0 Å². The maximum Gasteiger partial charge on any atom is 0.262 e. The molecule has 0 spiro atoms. The number of hydrogen-bond acceptors (Lipinski definition) is 3. The van der Waals surface area contributed by atoms with Gasteiger partial charge in [-0.25, -0.2) is 0 Å². The van der Waals surface area contributed by atoms with Crippen LogP contribution in [0.1, 0.15) is 13.3 Å². The normalized spacial score (nSPS) is 10.1. The lowest BCUT2D eigenvalue weighted by molar-refractivity contribution is -0.118. The van der Waals surface area contributed by atoms with E-state index < -0.39 is 0 Å². The number of amides is 1. The first-order chi connectivity index (χ1) is 10.7. The molecular weight excluding hydrogens is 302 g/mol.